The molecule has 0 heterocycles. The molecule has 0 bridgehead atoms. The van der Waals surface area contributed by atoms with Gasteiger partial charge in [-0.3, -0.25) is 0 Å². The molecule has 1 aromatic rings. The number of methoxy groups -OCH3 is 1. The molecular formula is C15H21NO2S. The SMILES string of the molecule is COc1ccc(C#CCN)c(CSC(C)CCO)c1. The van der Waals surface area contributed by atoms with Crippen molar-refractivity contribution in [1.29, 1.82) is 0 Å². The van der Waals surface area contributed by atoms with Crippen molar-refractivity contribution in [2.45, 2.75) is 24.3 Å². The fraction of sp³-hybridized carbons (Fsp3) is 0.467. The van der Waals surface area contributed by atoms with Gasteiger partial charge in [0.1, 0.15) is 5.75 Å². The molecule has 0 spiro atoms. The van der Waals surface area contributed by atoms with Crippen LogP contribution in [0, 0.1) is 11.8 Å². The topological polar surface area (TPSA) is 55.5 Å². The van der Waals surface area contributed by atoms with Crippen LogP contribution < -0.4 is 10.5 Å². The largest absolute Gasteiger partial charge is 0.497 e. The van der Waals surface area contributed by atoms with Gasteiger partial charge in [0.2, 0.25) is 0 Å². The molecule has 3 nitrogen and oxygen atoms in total. The zero-order chi connectivity index (χ0) is 14.1. The van der Waals surface area contributed by atoms with Crippen LogP contribution in [-0.4, -0.2) is 30.6 Å². The number of aliphatic hydroxyl groups is 1. The Morgan fingerprint density at radius 1 is 1.47 bits per heavy atom. The second kappa shape index (κ2) is 8.87. The van der Waals surface area contributed by atoms with Crippen molar-refractivity contribution in [3.05, 3.63) is 29.3 Å². The molecule has 0 aliphatic rings. The molecule has 0 amide bonds. The highest BCUT2D eigenvalue weighted by Gasteiger charge is 2.07. The van der Waals surface area contributed by atoms with Gasteiger partial charge >= 0.3 is 0 Å². The van der Waals surface area contributed by atoms with E-state index in [0.717, 1.165) is 29.1 Å². The van der Waals surface area contributed by atoms with Crippen molar-refractivity contribution in [3.63, 3.8) is 0 Å². The second-order valence-corrected chi connectivity index (χ2v) is 5.59. The Kier molecular flexibility index (Phi) is 7.42. The maximum Gasteiger partial charge on any atom is 0.119 e. The molecule has 1 unspecified atom stereocenters. The lowest BCUT2D eigenvalue weighted by Crippen LogP contribution is -2.01. The van der Waals surface area contributed by atoms with Crippen molar-refractivity contribution in [3.8, 4) is 17.6 Å². The van der Waals surface area contributed by atoms with Gasteiger partial charge in [-0.05, 0) is 30.2 Å². The van der Waals surface area contributed by atoms with Crippen molar-refractivity contribution in [2.75, 3.05) is 20.3 Å². The number of hydrogen-bond donors (Lipinski definition) is 2. The van der Waals surface area contributed by atoms with E-state index in [2.05, 4.69) is 18.8 Å². The van der Waals surface area contributed by atoms with Gasteiger partial charge in [-0.25, -0.2) is 0 Å². The van der Waals surface area contributed by atoms with Gasteiger partial charge in [-0.2, -0.15) is 11.8 Å². The summed E-state index contributed by atoms with van der Waals surface area (Å²) in [5.74, 6) is 7.66. The molecule has 0 saturated carbocycles. The first kappa shape index (κ1) is 15.9. The zero-order valence-electron chi connectivity index (χ0n) is 11.5. The van der Waals surface area contributed by atoms with Crippen LogP contribution in [0.25, 0.3) is 0 Å². The normalized spacial score (nSPS) is 11.6. The monoisotopic (exact) mass is 279 g/mol. The van der Waals surface area contributed by atoms with E-state index in [1.807, 2.05) is 18.2 Å². The van der Waals surface area contributed by atoms with Gasteiger partial charge < -0.3 is 15.6 Å². The van der Waals surface area contributed by atoms with Crippen LogP contribution in [0.4, 0.5) is 0 Å². The Morgan fingerprint density at radius 2 is 2.26 bits per heavy atom. The van der Waals surface area contributed by atoms with Gasteiger partial charge in [0.15, 0.2) is 0 Å². The van der Waals surface area contributed by atoms with E-state index in [9.17, 15) is 0 Å². The van der Waals surface area contributed by atoms with E-state index >= 15 is 0 Å². The lowest BCUT2D eigenvalue weighted by atomic mass is 10.1. The standard InChI is InChI=1S/C15H21NO2S/c1-12(7-9-17)19-11-14-10-15(18-2)6-5-13(14)4-3-8-16/h5-6,10,12,17H,7-9,11,16H2,1-2H3. The first-order valence-corrected chi connectivity index (χ1v) is 7.34. The summed E-state index contributed by atoms with van der Waals surface area (Å²) in [6.07, 6.45) is 0.804. The number of hydrogen-bond acceptors (Lipinski definition) is 4. The summed E-state index contributed by atoms with van der Waals surface area (Å²) in [6.45, 7) is 2.71. The Morgan fingerprint density at radius 3 is 2.89 bits per heavy atom. The quantitative estimate of drug-likeness (QED) is 0.782. The van der Waals surface area contributed by atoms with Crippen LogP contribution in [0.1, 0.15) is 24.5 Å². The lowest BCUT2D eigenvalue weighted by molar-refractivity contribution is 0.289. The Balaban J connectivity index is 2.82. The Hall–Kier alpha value is -1.15. The summed E-state index contributed by atoms with van der Waals surface area (Å²) >= 11 is 1.81. The molecular weight excluding hydrogens is 258 g/mol. The van der Waals surface area contributed by atoms with Crippen LogP contribution in [0.3, 0.4) is 0 Å². The van der Waals surface area contributed by atoms with E-state index in [0.29, 0.717) is 11.8 Å². The Labute approximate surface area is 119 Å². The molecule has 1 aromatic carbocycles. The van der Waals surface area contributed by atoms with E-state index in [4.69, 9.17) is 15.6 Å². The van der Waals surface area contributed by atoms with Crippen LogP contribution in [0.5, 0.6) is 5.75 Å². The first-order valence-electron chi connectivity index (χ1n) is 6.29. The second-order valence-electron chi connectivity index (χ2n) is 4.16. The molecule has 19 heavy (non-hydrogen) atoms. The average molecular weight is 279 g/mol. The van der Waals surface area contributed by atoms with E-state index in [1.54, 1.807) is 18.9 Å². The summed E-state index contributed by atoms with van der Waals surface area (Å²) in [7, 11) is 1.66. The highest BCUT2D eigenvalue weighted by molar-refractivity contribution is 7.99. The van der Waals surface area contributed by atoms with Crippen LogP contribution in [0.15, 0.2) is 18.2 Å². The minimum atomic E-state index is 0.228. The average Bonchev–Trinajstić information content (AvgIpc) is 2.43. The van der Waals surface area contributed by atoms with Crippen molar-refractivity contribution >= 4 is 11.8 Å². The molecule has 0 aliphatic carbocycles. The third-order valence-electron chi connectivity index (χ3n) is 2.70. The lowest BCUT2D eigenvalue weighted by Gasteiger charge is -2.11. The summed E-state index contributed by atoms with van der Waals surface area (Å²) in [4.78, 5) is 0. The van der Waals surface area contributed by atoms with E-state index in [1.165, 1.54) is 0 Å². The fourth-order valence-electron chi connectivity index (χ4n) is 1.58. The van der Waals surface area contributed by atoms with Gasteiger partial charge in [0.25, 0.3) is 0 Å². The molecule has 3 N–H and O–H groups in total. The molecule has 1 rings (SSSR count). The molecule has 0 fully saturated rings. The van der Waals surface area contributed by atoms with Gasteiger partial charge in [0, 0.05) is 23.2 Å². The summed E-state index contributed by atoms with van der Waals surface area (Å²) in [6, 6.07) is 5.89. The van der Waals surface area contributed by atoms with Gasteiger partial charge in [0.05, 0.1) is 13.7 Å². The van der Waals surface area contributed by atoms with Crippen molar-refractivity contribution in [2.24, 2.45) is 5.73 Å². The maximum atomic E-state index is 8.92. The van der Waals surface area contributed by atoms with Gasteiger partial charge in [-0.1, -0.05) is 18.8 Å². The predicted octanol–water partition coefficient (Wildman–Crippen LogP) is 2.01. The Bertz CT molecular complexity index is 451. The number of ether oxygens (including phenoxy) is 1. The number of rotatable bonds is 6. The summed E-state index contributed by atoms with van der Waals surface area (Å²) in [5.41, 5.74) is 7.56. The summed E-state index contributed by atoms with van der Waals surface area (Å²) in [5, 5.41) is 9.34. The fourth-order valence-corrected chi connectivity index (χ4v) is 2.56. The third kappa shape index (κ3) is 5.56. The number of aliphatic hydroxyl groups excluding tert-OH is 1. The number of nitrogens with two attached hydrogens (primary N) is 1. The number of thioether (sulfide) groups is 1. The smallest absolute Gasteiger partial charge is 0.119 e. The third-order valence-corrected chi connectivity index (χ3v) is 3.98. The molecule has 0 saturated heterocycles. The minimum Gasteiger partial charge on any atom is -0.497 e. The molecule has 0 radical (unpaired) electrons. The first-order chi connectivity index (χ1) is 9.21. The minimum absolute atomic E-state index is 0.228. The number of benzene rings is 1. The zero-order valence-corrected chi connectivity index (χ0v) is 12.3. The van der Waals surface area contributed by atoms with E-state index in [-0.39, 0.29) is 6.61 Å². The highest BCUT2D eigenvalue weighted by Crippen LogP contribution is 2.25. The molecule has 0 aromatic heterocycles. The van der Waals surface area contributed by atoms with E-state index < -0.39 is 0 Å². The summed E-state index contributed by atoms with van der Waals surface area (Å²) < 4.78 is 5.25. The van der Waals surface area contributed by atoms with Crippen LogP contribution >= 0.6 is 11.8 Å². The molecule has 1 atom stereocenters. The van der Waals surface area contributed by atoms with Gasteiger partial charge in [-0.15, -0.1) is 0 Å². The highest BCUT2D eigenvalue weighted by atomic mass is 32.2. The van der Waals surface area contributed by atoms with Crippen molar-refractivity contribution in [1.82, 2.24) is 0 Å². The van der Waals surface area contributed by atoms with Crippen LogP contribution in [-0.2, 0) is 5.75 Å². The predicted molar refractivity (Wildman–Crippen MR) is 81.4 cm³/mol. The molecule has 4 heteroatoms. The van der Waals surface area contributed by atoms with Crippen LogP contribution in [0.2, 0.25) is 0 Å². The van der Waals surface area contributed by atoms with Crippen molar-refractivity contribution < 1.29 is 9.84 Å². The molecule has 0 aliphatic heterocycles. The maximum absolute atomic E-state index is 8.92. The molecule has 104 valence electrons.